The predicted octanol–water partition coefficient (Wildman–Crippen LogP) is 4.90. The average molecular weight is 452 g/mol. The van der Waals surface area contributed by atoms with Crippen LogP contribution in [-0.4, -0.2) is 37.4 Å². The molecule has 1 aliphatic rings. The van der Waals surface area contributed by atoms with Crippen molar-refractivity contribution in [1.82, 2.24) is 14.8 Å². The highest BCUT2D eigenvalue weighted by atomic mass is 35.5. The molecular weight excluding hydrogens is 436 g/mol. The van der Waals surface area contributed by atoms with Gasteiger partial charge in [0.25, 0.3) is 0 Å². The van der Waals surface area contributed by atoms with Gasteiger partial charge in [-0.3, -0.25) is 9.36 Å². The molecule has 1 heterocycles. The van der Waals surface area contributed by atoms with Crippen LogP contribution in [0.15, 0.2) is 59.8 Å². The van der Waals surface area contributed by atoms with E-state index in [1.54, 1.807) is 22.8 Å². The van der Waals surface area contributed by atoms with Crippen molar-refractivity contribution < 1.29 is 13.9 Å². The molecule has 0 spiro atoms. The molecule has 0 bridgehead atoms. The van der Waals surface area contributed by atoms with Gasteiger partial charge in [-0.05, 0) is 30.7 Å². The highest BCUT2D eigenvalue weighted by molar-refractivity contribution is 7.99. The molecule has 0 N–H and O–H groups in total. The summed E-state index contributed by atoms with van der Waals surface area (Å²) >= 11 is 13.1. The van der Waals surface area contributed by atoms with Crippen molar-refractivity contribution in [3.63, 3.8) is 0 Å². The van der Waals surface area contributed by atoms with Gasteiger partial charge in [0.1, 0.15) is 10.2 Å². The van der Waals surface area contributed by atoms with E-state index in [2.05, 4.69) is 10.2 Å². The van der Waals surface area contributed by atoms with Gasteiger partial charge in [-0.15, -0.1) is 33.4 Å². The first-order valence-corrected chi connectivity index (χ1v) is 10.6. The smallest absolute Gasteiger partial charge is 0.316 e. The van der Waals surface area contributed by atoms with E-state index in [1.807, 2.05) is 30.3 Å². The van der Waals surface area contributed by atoms with E-state index >= 15 is 0 Å². The summed E-state index contributed by atoms with van der Waals surface area (Å²) in [6.45, 7) is 0.193. The van der Waals surface area contributed by atoms with Crippen molar-refractivity contribution in [1.29, 1.82) is 0 Å². The molecule has 4 rings (SSSR count). The topological polar surface area (TPSA) is 57.0 Å². The second-order valence-corrected chi connectivity index (χ2v) is 9.08. The normalized spacial score (nSPS) is 17.1. The number of ether oxygens (including phenoxy) is 1. The number of thioether (sulfide) groups is 1. The summed E-state index contributed by atoms with van der Waals surface area (Å²) in [5.74, 6) is -0.436. The Bertz CT molecular complexity index is 1030. The molecule has 9 heteroatoms. The Labute approximate surface area is 181 Å². The molecule has 150 valence electrons. The molecule has 29 heavy (non-hydrogen) atoms. The van der Waals surface area contributed by atoms with Crippen LogP contribution in [0.1, 0.15) is 6.42 Å². The van der Waals surface area contributed by atoms with Gasteiger partial charge in [0, 0.05) is 11.6 Å². The second kappa shape index (κ2) is 8.34. The van der Waals surface area contributed by atoms with Crippen LogP contribution in [0.2, 0.25) is 0 Å². The summed E-state index contributed by atoms with van der Waals surface area (Å²) in [5.41, 5.74) is 1.09. The second-order valence-electron chi connectivity index (χ2n) is 6.59. The monoisotopic (exact) mass is 451 g/mol. The van der Waals surface area contributed by atoms with Crippen molar-refractivity contribution in [3.8, 4) is 17.1 Å². The Hall–Kier alpha value is -2.09. The lowest BCUT2D eigenvalue weighted by Crippen LogP contribution is -2.12. The van der Waals surface area contributed by atoms with Crippen molar-refractivity contribution in [2.24, 2.45) is 5.92 Å². The standard InChI is InChI=1S/C20H16Cl2FN3O2S/c21-20(22)10-13(20)11-28-17(27)12-29-19-25-24-18(15-8-4-5-9-16(15)23)26(19)14-6-2-1-3-7-14/h1-9,13H,10-12H2. The molecule has 0 radical (unpaired) electrons. The molecule has 0 saturated heterocycles. The van der Waals surface area contributed by atoms with Crippen molar-refractivity contribution in [2.75, 3.05) is 12.4 Å². The van der Waals surface area contributed by atoms with Gasteiger partial charge in [-0.25, -0.2) is 4.39 Å². The number of rotatable bonds is 7. The third kappa shape index (κ3) is 4.57. The van der Waals surface area contributed by atoms with Gasteiger partial charge in [0.15, 0.2) is 11.0 Å². The Morgan fingerprint density at radius 3 is 2.55 bits per heavy atom. The Morgan fingerprint density at radius 2 is 1.86 bits per heavy atom. The van der Waals surface area contributed by atoms with E-state index in [0.717, 1.165) is 5.69 Å². The molecule has 1 atom stereocenters. The zero-order valence-electron chi connectivity index (χ0n) is 15.1. The van der Waals surface area contributed by atoms with Crippen molar-refractivity contribution in [2.45, 2.75) is 15.9 Å². The summed E-state index contributed by atoms with van der Waals surface area (Å²) in [6, 6.07) is 15.7. The lowest BCUT2D eigenvalue weighted by molar-refractivity contribution is -0.140. The van der Waals surface area contributed by atoms with E-state index in [4.69, 9.17) is 27.9 Å². The maximum atomic E-state index is 14.4. The molecule has 0 amide bonds. The molecule has 1 saturated carbocycles. The number of hydrogen-bond acceptors (Lipinski definition) is 5. The maximum absolute atomic E-state index is 14.4. The molecule has 1 aliphatic carbocycles. The van der Waals surface area contributed by atoms with E-state index in [1.165, 1.54) is 17.8 Å². The molecular formula is C20H16Cl2FN3O2S. The average Bonchev–Trinajstić information content (AvgIpc) is 3.13. The number of esters is 1. The van der Waals surface area contributed by atoms with Crippen LogP contribution >= 0.6 is 35.0 Å². The van der Waals surface area contributed by atoms with Gasteiger partial charge in [0.05, 0.1) is 17.9 Å². The summed E-state index contributed by atoms with van der Waals surface area (Å²) in [6.07, 6.45) is 0.616. The Kier molecular flexibility index (Phi) is 5.81. The summed E-state index contributed by atoms with van der Waals surface area (Å²) in [4.78, 5) is 12.1. The number of halogens is 3. The van der Waals surface area contributed by atoms with E-state index in [0.29, 0.717) is 23.0 Å². The first-order chi connectivity index (χ1) is 14.0. The summed E-state index contributed by atoms with van der Waals surface area (Å²) in [7, 11) is 0. The third-order valence-electron chi connectivity index (χ3n) is 4.48. The molecule has 5 nitrogen and oxygen atoms in total. The number of carbonyl (C=O) groups excluding carboxylic acids is 1. The highest BCUT2D eigenvalue weighted by Gasteiger charge is 2.52. The summed E-state index contributed by atoms with van der Waals surface area (Å²) < 4.78 is 20.5. The van der Waals surface area contributed by atoms with Crippen LogP contribution < -0.4 is 0 Å². The zero-order valence-corrected chi connectivity index (χ0v) is 17.4. The van der Waals surface area contributed by atoms with Crippen molar-refractivity contribution in [3.05, 3.63) is 60.4 Å². The molecule has 0 aliphatic heterocycles. The number of para-hydroxylation sites is 1. The van der Waals surface area contributed by atoms with Crippen molar-refractivity contribution >= 4 is 40.9 Å². The van der Waals surface area contributed by atoms with Crippen LogP contribution in [0.3, 0.4) is 0 Å². The number of alkyl halides is 2. The number of aromatic nitrogens is 3. The van der Waals surface area contributed by atoms with E-state index in [9.17, 15) is 9.18 Å². The van der Waals surface area contributed by atoms with Crippen LogP contribution in [0.4, 0.5) is 4.39 Å². The van der Waals surface area contributed by atoms with E-state index in [-0.39, 0.29) is 18.3 Å². The van der Waals surface area contributed by atoms with Crippen LogP contribution in [-0.2, 0) is 9.53 Å². The molecule has 1 aromatic heterocycles. The van der Waals surface area contributed by atoms with Gasteiger partial charge >= 0.3 is 5.97 Å². The first-order valence-electron chi connectivity index (χ1n) is 8.88. The fourth-order valence-corrected chi connectivity index (χ4v) is 4.05. The largest absolute Gasteiger partial charge is 0.465 e. The molecule has 1 unspecified atom stereocenters. The Balaban J connectivity index is 1.54. The summed E-state index contributed by atoms with van der Waals surface area (Å²) in [5, 5.41) is 8.80. The molecule has 2 aromatic carbocycles. The number of benzene rings is 2. The van der Waals surface area contributed by atoms with Gasteiger partial charge in [-0.2, -0.15) is 0 Å². The minimum absolute atomic E-state index is 0.0274. The minimum atomic E-state index is -0.782. The van der Waals surface area contributed by atoms with Gasteiger partial charge in [-0.1, -0.05) is 42.1 Å². The quantitative estimate of drug-likeness (QED) is 0.290. The van der Waals surface area contributed by atoms with Gasteiger partial charge in [0.2, 0.25) is 0 Å². The molecule has 3 aromatic rings. The number of nitrogens with zero attached hydrogens (tertiary/aromatic N) is 3. The lowest BCUT2D eigenvalue weighted by Gasteiger charge is -2.10. The third-order valence-corrected chi connectivity index (χ3v) is 6.31. The predicted molar refractivity (Wildman–Crippen MR) is 111 cm³/mol. The fourth-order valence-electron chi connectivity index (χ4n) is 2.80. The Morgan fingerprint density at radius 1 is 1.17 bits per heavy atom. The number of hydrogen-bond donors (Lipinski definition) is 0. The number of carbonyl (C=O) groups is 1. The molecule has 1 fully saturated rings. The lowest BCUT2D eigenvalue weighted by atomic mass is 10.2. The van der Waals surface area contributed by atoms with Crippen LogP contribution in [0.25, 0.3) is 17.1 Å². The highest BCUT2D eigenvalue weighted by Crippen LogP contribution is 2.53. The minimum Gasteiger partial charge on any atom is -0.465 e. The van der Waals surface area contributed by atoms with Crippen LogP contribution in [0.5, 0.6) is 0 Å². The fraction of sp³-hybridized carbons (Fsp3) is 0.250. The van der Waals surface area contributed by atoms with Gasteiger partial charge < -0.3 is 4.74 Å². The van der Waals surface area contributed by atoms with Crippen LogP contribution in [0, 0.1) is 11.7 Å². The first kappa shape index (κ1) is 20.2. The zero-order chi connectivity index (χ0) is 20.4. The van der Waals surface area contributed by atoms with E-state index < -0.39 is 16.1 Å². The maximum Gasteiger partial charge on any atom is 0.316 e. The SMILES string of the molecule is O=C(CSc1nnc(-c2ccccc2F)n1-c1ccccc1)OCC1CC1(Cl)Cl.